The molecule has 1 amide bonds. The van der Waals surface area contributed by atoms with E-state index in [4.69, 9.17) is 11.6 Å². The van der Waals surface area contributed by atoms with Gasteiger partial charge in [-0.25, -0.2) is 0 Å². The molecule has 20 heavy (non-hydrogen) atoms. The van der Waals surface area contributed by atoms with Crippen LogP contribution < -0.4 is 0 Å². The fourth-order valence-electron chi connectivity index (χ4n) is 1.93. The molecular weight excluding hydrogens is 338 g/mol. The highest BCUT2D eigenvalue weighted by molar-refractivity contribution is 9.10. The number of hydrogen-bond donors (Lipinski definition) is 0. The van der Waals surface area contributed by atoms with E-state index in [1.165, 1.54) is 0 Å². The van der Waals surface area contributed by atoms with Gasteiger partial charge in [-0.05, 0) is 42.3 Å². The van der Waals surface area contributed by atoms with Gasteiger partial charge in [0.15, 0.2) is 0 Å². The fourth-order valence-corrected chi connectivity index (χ4v) is 2.52. The molecule has 0 aliphatic heterocycles. The molecule has 0 N–H and O–H groups in total. The van der Waals surface area contributed by atoms with E-state index < -0.39 is 0 Å². The lowest BCUT2D eigenvalue weighted by molar-refractivity contribution is 0.0785. The lowest BCUT2D eigenvalue weighted by atomic mass is 10.1. The van der Waals surface area contributed by atoms with Gasteiger partial charge in [-0.3, -0.25) is 4.79 Å². The Kier molecular flexibility index (Phi) is 4.84. The Morgan fingerprint density at radius 3 is 2.65 bits per heavy atom. The number of carbonyl (C=O) groups is 1. The molecule has 2 rings (SSSR count). The molecule has 0 unspecified atom stereocenters. The lowest BCUT2D eigenvalue weighted by Gasteiger charge is -2.18. The van der Waals surface area contributed by atoms with Crippen molar-refractivity contribution in [2.75, 3.05) is 7.05 Å². The summed E-state index contributed by atoms with van der Waals surface area (Å²) in [6, 6.07) is 13.2. The van der Waals surface area contributed by atoms with E-state index in [-0.39, 0.29) is 5.91 Å². The third kappa shape index (κ3) is 3.62. The Bertz CT molecular complexity index is 642. The van der Waals surface area contributed by atoms with Crippen molar-refractivity contribution < 1.29 is 4.79 Å². The second kappa shape index (κ2) is 6.42. The molecule has 2 aromatic rings. The van der Waals surface area contributed by atoms with E-state index in [1.807, 2.05) is 49.4 Å². The Balaban J connectivity index is 2.14. The lowest BCUT2D eigenvalue weighted by Crippen LogP contribution is -2.26. The largest absolute Gasteiger partial charge is 0.337 e. The fraction of sp³-hybridized carbons (Fsp3) is 0.188. The van der Waals surface area contributed by atoms with Gasteiger partial charge in [0.2, 0.25) is 0 Å². The third-order valence-electron chi connectivity index (χ3n) is 3.07. The summed E-state index contributed by atoms with van der Waals surface area (Å²) in [7, 11) is 1.79. The van der Waals surface area contributed by atoms with Crippen LogP contribution in [0.4, 0.5) is 0 Å². The van der Waals surface area contributed by atoms with E-state index >= 15 is 0 Å². The molecule has 2 nitrogen and oxygen atoms in total. The summed E-state index contributed by atoms with van der Waals surface area (Å²) in [5, 5.41) is 0.682. The topological polar surface area (TPSA) is 20.3 Å². The van der Waals surface area contributed by atoms with E-state index in [2.05, 4.69) is 15.9 Å². The minimum absolute atomic E-state index is 0.00863. The molecule has 2 aromatic carbocycles. The van der Waals surface area contributed by atoms with Crippen molar-refractivity contribution in [3.8, 4) is 0 Å². The zero-order valence-corrected chi connectivity index (χ0v) is 13.7. The van der Waals surface area contributed by atoms with Gasteiger partial charge in [0.1, 0.15) is 0 Å². The van der Waals surface area contributed by atoms with Crippen LogP contribution in [0.1, 0.15) is 21.5 Å². The van der Waals surface area contributed by atoms with Crippen molar-refractivity contribution in [2.45, 2.75) is 13.5 Å². The second-order valence-electron chi connectivity index (χ2n) is 4.76. The van der Waals surface area contributed by atoms with Crippen molar-refractivity contribution in [3.05, 3.63) is 68.7 Å². The van der Waals surface area contributed by atoms with E-state index in [1.54, 1.807) is 11.9 Å². The molecule has 0 saturated heterocycles. The van der Waals surface area contributed by atoms with E-state index in [0.29, 0.717) is 17.1 Å². The molecule has 0 heterocycles. The number of amides is 1. The first-order chi connectivity index (χ1) is 9.47. The van der Waals surface area contributed by atoms with Crippen molar-refractivity contribution >= 4 is 33.4 Å². The number of benzene rings is 2. The van der Waals surface area contributed by atoms with Gasteiger partial charge in [-0.2, -0.15) is 0 Å². The first-order valence-corrected chi connectivity index (χ1v) is 7.40. The molecule has 0 saturated carbocycles. The summed E-state index contributed by atoms with van der Waals surface area (Å²) >= 11 is 9.41. The summed E-state index contributed by atoms with van der Waals surface area (Å²) in [5.41, 5.74) is 2.80. The Hall–Kier alpha value is -1.32. The number of aryl methyl sites for hydroxylation is 1. The Morgan fingerprint density at radius 1 is 1.25 bits per heavy atom. The van der Waals surface area contributed by atoms with Crippen LogP contribution in [0.5, 0.6) is 0 Å². The maximum atomic E-state index is 12.4. The average molecular weight is 353 g/mol. The zero-order chi connectivity index (χ0) is 14.7. The molecular formula is C16H15BrClNO. The zero-order valence-electron chi connectivity index (χ0n) is 11.4. The highest BCUT2D eigenvalue weighted by atomic mass is 79.9. The number of hydrogen-bond acceptors (Lipinski definition) is 1. The number of rotatable bonds is 3. The van der Waals surface area contributed by atoms with Crippen LogP contribution in [0.25, 0.3) is 0 Å². The molecule has 0 aromatic heterocycles. The van der Waals surface area contributed by atoms with Gasteiger partial charge in [-0.15, -0.1) is 0 Å². The van der Waals surface area contributed by atoms with Crippen molar-refractivity contribution in [1.29, 1.82) is 0 Å². The number of carbonyl (C=O) groups excluding carboxylic acids is 1. The van der Waals surface area contributed by atoms with E-state index in [9.17, 15) is 4.79 Å². The van der Waals surface area contributed by atoms with Gasteiger partial charge < -0.3 is 4.90 Å². The molecule has 104 valence electrons. The number of halogens is 2. The first-order valence-electron chi connectivity index (χ1n) is 6.23. The van der Waals surface area contributed by atoms with E-state index in [0.717, 1.165) is 15.6 Å². The van der Waals surface area contributed by atoms with Gasteiger partial charge in [-0.1, -0.05) is 45.7 Å². The SMILES string of the molecule is Cc1ccc(C(=O)N(C)Cc2cccc(Cl)c2)cc1Br. The quantitative estimate of drug-likeness (QED) is 0.785. The average Bonchev–Trinajstić information content (AvgIpc) is 2.41. The normalized spacial score (nSPS) is 10.4. The maximum Gasteiger partial charge on any atom is 0.253 e. The summed E-state index contributed by atoms with van der Waals surface area (Å²) in [4.78, 5) is 14.1. The van der Waals surface area contributed by atoms with Crippen LogP contribution in [0.3, 0.4) is 0 Å². The summed E-state index contributed by atoms with van der Waals surface area (Å²) in [6.45, 7) is 2.53. The Labute approximate surface area is 132 Å². The van der Waals surface area contributed by atoms with Crippen LogP contribution in [0.2, 0.25) is 5.02 Å². The molecule has 0 bridgehead atoms. The standard InChI is InChI=1S/C16H15BrClNO/c1-11-6-7-13(9-15(11)17)16(20)19(2)10-12-4-3-5-14(18)8-12/h3-9H,10H2,1-2H3. The number of nitrogens with zero attached hydrogens (tertiary/aromatic N) is 1. The second-order valence-corrected chi connectivity index (χ2v) is 6.05. The van der Waals surface area contributed by atoms with Crippen LogP contribution in [0, 0.1) is 6.92 Å². The minimum atomic E-state index is -0.00863. The minimum Gasteiger partial charge on any atom is -0.337 e. The molecule has 0 atom stereocenters. The summed E-state index contributed by atoms with van der Waals surface area (Å²) in [6.07, 6.45) is 0. The summed E-state index contributed by atoms with van der Waals surface area (Å²) < 4.78 is 0.944. The van der Waals surface area contributed by atoms with Crippen LogP contribution in [0.15, 0.2) is 46.9 Å². The molecule has 0 aliphatic carbocycles. The monoisotopic (exact) mass is 351 g/mol. The van der Waals surface area contributed by atoms with Gasteiger partial charge in [0.05, 0.1) is 0 Å². The third-order valence-corrected chi connectivity index (χ3v) is 4.16. The van der Waals surface area contributed by atoms with Crippen LogP contribution in [-0.2, 0) is 6.54 Å². The predicted octanol–water partition coefficient (Wildman–Crippen LogP) is 4.68. The highest BCUT2D eigenvalue weighted by Crippen LogP contribution is 2.19. The van der Waals surface area contributed by atoms with Gasteiger partial charge in [0.25, 0.3) is 5.91 Å². The predicted molar refractivity (Wildman–Crippen MR) is 86.1 cm³/mol. The van der Waals surface area contributed by atoms with Crippen molar-refractivity contribution in [1.82, 2.24) is 4.90 Å². The molecule has 0 spiro atoms. The van der Waals surface area contributed by atoms with Gasteiger partial charge in [0, 0.05) is 28.7 Å². The molecule has 0 radical (unpaired) electrons. The van der Waals surface area contributed by atoms with Crippen LogP contribution in [-0.4, -0.2) is 17.9 Å². The van der Waals surface area contributed by atoms with Crippen molar-refractivity contribution in [3.63, 3.8) is 0 Å². The Morgan fingerprint density at radius 2 is 2.00 bits per heavy atom. The molecule has 0 fully saturated rings. The highest BCUT2D eigenvalue weighted by Gasteiger charge is 2.13. The van der Waals surface area contributed by atoms with Crippen LogP contribution >= 0.6 is 27.5 Å². The molecule has 4 heteroatoms. The molecule has 0 aliphatic rings. The first kappa shape index (κ1) is 15.1. The van der Waals surface area contributed by atoms with Crippen molar-refractivity contribution in [2.24, 2.45) is 0 Å². The maximum absolute atomic E-state index is 12.4. The summed E-state index contributed by atoms with van der Waals surface area (Å²) in [5.74, 6) is -0.00863. The van der Waals surface area contributed by atoms with Gasteiger partial charge >= 0.3 is 0 Å². The smallest absolute Gasteiger partial charge is 0.253 e.